The van der Waals surface area contributed by atoms with Gasteiger partial charge in [0.2, 0.25) is 5.91 Å². The van der Waals surface area contributed by atoms with Gasteiger partial charge in [0.05, 0.1) is 12.6 Å². The van der Waals surface area contributed by atoms with Gasteiger partial charge in [0.1, 0.15) is 5.82 Å². The molecule has 0 saturated carbocycles. The molecule has 0 spiro atoms. The molecular weight excluding hydrogens is 319 g/mol. The molecule has 0 bridgehead atoms. The van der Waals surface area contributed by atoms with Crippen molar-refractivity contribution in [2.24, 2.45) is 0 Å². The molecule has 1 atom stereocenters. The van der Waals surface area contributed by atoms with Crippen LogP contribution < -0.4 is 5.32 Å². The van der Waals surface area contributed by atoms with E-state index in [2.05, 4.69) is 5.32 Å². The first kappa shape index (κ1) is 19.1. The number of nitrogens with one attached hydrogen (secondary N) is 1. The number of carbonyl (C=O) groups excluding carboxylic acids is 1. The molecule has 2 aromatic carbocycles. The zero-order chi connectivity index (χ0) is 18.4. The minimum atomic E-state index is -0.770. The van der Waals surface area contributed by atoms with Gasteiger partial charge in [0.25, 0.3) is 0 Å². The van der Waals surface area contributed by atoms with Gasteiger partial charge < -0.3 is 10.4 Å². The van der Waals surface area contributed by atoms with Crippen LogP contribution in [0.4, 0.5) is 10.1 Å². The quantitative estimate of drug-likeness (QED) is 0.809. The maximum absolute atomic E-state index is 13.0. The van der Waals surface area contributed by atoms with Crippen LogP contribution in [0, 0.1) is 19.7 Å². The number of rotatable bonds is 7. The summed E-state index contributed by atoms with van der Waals surface area (Å²) in [6.07, 6.45) is -0.770. The van der Waals surface area contributed by atoms with Gasteiger partial charge in [-0.2, -0.15) is 0 Å². The maximum atomic E-state index is 13.0. The van der Waals surface area contributed by atoms with E-state index in [0.29, 0.717) is 18.7 Å². The molecule has 0 heterocycles. The lowest BCUT2D eigenvalue weighted by Gasteiger charge is -2.23. The first-order valence-electron chi connectivity index (χ1n) is 8.42. The third-order valence-corrected chi connectivity index (χ3v) is 4.25. The number of halogens is 1. The van der Waals surface area contributed by atoms with Crippen LogP contribution in [0.1, 0.15) is 29.7 Å². The SMILES string of the molecule is CCN(CC(=O)Nc1c(C)cccc1C)CC(O)c1ccc(F)cc1. The molecule has 0 saturated heterocycles. The Balaban J connectivity index is 1.96. The van der Waals surface area contributed by atoms with E-state index in [1.165, 1.54) is 12.1 Å². The highest BCUT2D eigenvalue weighted by Crippen LogP contribution is 2.19. The van der Waals surface area contributed by atoms with Gasteiger partial charge >= 0.3 is 0 Å². The summed E-state index contributed by atoms with van der Waals surface area (Å²) >= 11 is 0. The van der Waals surface area contributed by atoms with Gasteiger partial charge in [-0.3, -0.25) is 9.69 Å². The van der Waals surface area contributed by atoms with Gasteiger partial charge in [0.15, 0.2) is 0 Å². The number of aliphatic hydroxyl groups is 1. The van der Waals surface area contributed by atoms with Crippen molar-refractivity contribution in [1.82, 2.24) is 4.90 Å². The van der Waals surface area contributed by atoms with Crippen molar-refractivity contribution in [1.29, 1.82) is 0 Å². The second-order valence-corrected chi connectivity index (χ2v) is 6.21. The van der Waals surface area contributed by atoms with E-state index >= 15 is 0 Å². The molecule has 134 valence electrons. The molecule has 2 N–H and O–H groups in total. The Labute approximate surface area is 148 Å². The number of anilines is 1. The molecule has 1 amide bonds. The van der Waals surface area contributed by atoms with Crippen molar-refractivity contribution < 1.29 is 14.3 Å². The summed E-state index contributed by atoms with van der Waals surface area (Å²) in [6.45, 7) is 6.96. The van der Waals surface area contributed by atoms with Crippen LogP contribution in [0.5, 0.6) is 0 Å². The molecule has 4 nitrogen and oxygen atoms in total. The lowest BCUT2D eigenvalue weighted by Crippen LogP contribution is -2.36. The number of likely N-dealkylation sites (N-methyl/N-ethyl adjacent to an activating group) is 1. The van der Waals surface area contributed by atoms with Crippen LogP contribution in [0.25, 0.3) is 0 Å². The second-order valence-electron chi connectivity index (χ2n) is 6.21. The van der Waals surface area contributed by atoms with Gasteiger partial charge in [-0.05, 0) is 49.2 Å². The number of aryl methyl sites for hydroxylation is 2. The largest absolute Gasteiger partial charge is 0.387 e. The molecule has 0 aliphatic carbocycles. The first-order valence-corrected chi connectivity index (χ1v) is 8.42. The Hall–Kier alpha value is -2.24. The van der Waals surface area contributed by atoms with Gasteiger partial charge in [-0.1, -0.05) is 37.3 Å². The van der Waals surface area contributed by atoms with Crippen molar-refractivity contribution >= 4 is 11.6 Å². The third-order valence-electron chi connectivity index (χ3n) is 4.25. The van der Waals surface area contributed by atoms with Crippen LogP contribution in [-0.4, -0.2) is 35.5 Å². The molecule has 0 aliphatic rings. The van der Waals surface area contributed by atoms with E-state index in [1.54, 1.807) is 12.1 Å². The average Bonchev–Trinajstić information content (AvgIpc) is 2.58. The number of benzene rings is 2. The van der Waals surface area contributed by atoms with Crippen LogP contribution in [-0.2, 0) is 4.79 Å². The standard InChI is InChI=1S/C20H25FN2O2/c1-4-23(12-18(24)16-8-10-17(21)11-9-16)13-19(25)22-20-14(2)6-5-7-15(20)3/h5-11,18,24H,4,12-13H2,1-3H3,(H,22,25). The number of amides is 1. The van der Waals surface area contributed by atoms with E-state index in [0.717, 1.165) is 16.8 Å². The highest BCUT2D eigenvalue weighted by molar-refractivity contribution is 5.93. The summed E-state index contributed by atoms with van der Waals surface area (Å²) in [6, 6.07) is 11.6. The van der Waals surface area contributed by atoms with Crippen LogP contribution >= 0.6 is 0 Å². The van der Waals surface area contributed by atoms with E-state index in [1.807, 2.05) is 43.9 Å². The smallest absolute Gasteiger partial charge is 0.238 e. The zero-order valence-electron chi connectivity index (χ0n) is 14.9. The number of hydrogen-bond acceptors (Lipinski definition) is 3. The number of nitrogens with zero attached hydrogens (tertiary/aromatic N) is 1. The molecular formula is C20H25FN2O2. The fourth-order valence-corrected chi connectivity index (χ4v) is 2.73. The van der Waals surface area contributed by atoms with E-state index < -0.39 is 6.10 Å². The summed E-state index contributed by atoms with van der Waals surface area (Å²) < 4.78 is 13.0. The zero-order valence-corrected chi connectivity index (χ0v) is 14.9. The molecule has 0 aromatic heterocycles. The Kier molecular flexibility index (Phi) is 6.67. The topological polar surface area (TPSA) is 52.6 Å². The van der Waals surface area contributed by atoms with E-state index in [9.17, 15) is 14.3 Å². The summed E-state index contributed by atoms with van der Waals surface area (Å²) in [4.78, 5) is 14.2. The highest BCUT2D eigenvalue weighted by Gasteiger charge is 2.16. The Bertz CT molecular complexity index is 696. The fourth-order valence-electron chi connectivity index (χ4n) is 2.73. The molecule has 0 fully saturated rings. The number of para-hydroxylation sites is 1. The maximum Gasteiger partial charge on any atom is 0.238 e. The first-order chi connectivity index (χ1) is 11.9. The van der Waals surface area contributed by atoms with Crippen molar-refractivity contribution in [2.75, 3.05) is 25.0 Å². The van der Waals surface area contributed by atoms with Crippen molar-refractivity contribution in [3.05, 3.63) is 65.0 Å². The van der Waals surface area contributed by atoms with Crippen molar-refractivity contribution in [3.63, 3.8) is 0 Å². The normalized spacial score (nSPS) is 12.2. The Morgan fingerprint density at radius 2 is 1.76 bits per heavy atom. The van der Waals surface area contributed by atoms with Crippen LogP contribution in [0.2, 0.25) is 0 Å². The van der Waals surface area contributed by atoms with Crippen molar-refractivity contribution in [2.45, 2.75) is 26.9 Å². The van der Waals surface area contributed by atoms with Crippen LogP contribution in [0.15, 0.2) is 42.5 Å². The summed E-state index contributed by atoms with van der Waals surface area (Å²) in [5.41, 5.74) is 3.50. The molecule has 1 unspecified atom stereocenters. The Morgan fingerprint density at radius 1 is 1.16 bits per heavy atom. The minimum absolute atomic E-state index is 0.120. The predicted molar refractivity (Wildman–Crippen MR) is 98.0 cm³/mol. The summed E-state index contributed by atoms with van der Waals surface area (Å²) in [7, 11) is 0. The predicted octanol–water partition coefficient (Wildman–Crippen LogP) is 3.44. The van der Waals surface area contributed by atoms with E-state index in [4.69, 9.17) is 0 Å². The molecule has 25 heavy (non-hydrogen) atoms. The van der Waals surface area contributed by atoms with Gasteiger partial charge in [-0.15, -0.1) is 0 Å². The molecule has 2 rings (SSSR count). The van der Waals surface area contributed by atoms with Crippen LogP contribution in [0.3, 0.4) is 0 Å². The molecule has 2 aromatic rings. The fraction of sp³-hybridized carbons (Fsp3) is 0.350. The monoisotopic (exact) mass is 344 g/mol. The minimum Gasteiger partial charge on any atom is -0.387 e. The van der Waals surface area contributed by atoms with E-state index in [-0.39, 0.29) is 18.3 Å². The van der Waals surface area contributed by atoms with Crippen molar-refractivity contribution in [3.8, 4) is 0 Å². The average molecular weight is 344 g/mol. The third kappa shape index (κ3) is 5.37. The molecule has 0 aliphatic heterocycles. The molecule has 5 heteroatoms. The lowest BCUT2D eigenvalue weighted by molar-refractivity contribution is -0.117. The van der Waals surface area contributed by atoms with Gasteiger partial charge in [0, 0.05) is 12.2 Å². The summed E-state index contributed by atoms with van der Waals surface area (Å²) in [5.74, 6) is -0.457. The molecule has 0 radical (unpaired) electrons. The van der Waals surface area contributed by atoms with Gasteiger partial charge in [-0.25, -0.2) is 4.39 Å². The lowest BCUT2D eigenvalue weighted by atomic mass is 10.1. The highest BCUT2D eigenvalue weighted by atomic mass is 19.1. The number of hydrogen-bond donors (Lipinski definition) is 2. The second kappa shape index (κ2) is 8.74. The Morgan fingerprint density at radius 3 is 2.32 bits per heavy atom. The number of carbonyl (C=O) groups is 1. The number of aliphatic hydroxyl groups excluding tert-OH is 1. The summed E-state index contributed by atoms with van der Waals surface area (Å²) in [5, 5.41) is 13.3.